The number of nitriles is 1. The first kappa shape index (κ1) is 13.7. The summed E-state index contributed by atoms with van der Waals surface area (Å²) in [4.78, 5) is 0. The maximum Gasteiger partial charge on any atom is 0.161 e. The molecule has 0 aromatic heterocycles. The fourth-order valence-corrected chi connectivity index (χ4v) is 1.90. The Morgan fingerprint density at radius 1 is 1.00 bits per heavy atom. The molecule has 100 valence electrons. The second-order valence-electron chi connectivity index (χ2n) is 4.15. The van der Waals surface area contributed by atoms with Crippen molar-refractivity contribution in [2.45, 2.75) is 0 Å². The highest BCUT2D eigenvalue weighted by Crippen LogP contribution is 2.30. The second-order valence-corrected chi connectivity index (χ2v) is 4.15. The summed E-state index contributed by atoms with van der Waals surface area (Å²) >= 11 is 0. The highest BCUT2D eigenvalue weighted by Gasteiger charge is 2.07. The molecule has 0 spiro atoms. The number of hydrogen-bond donors (Lipinski definition) is 0. The van der Waals surface area contributed by atoms with Crippen molar-refractivity contribution >= 4 is 11.6 Å². The van der Waals surface area contributed by atoms with Gasteiger partial charge in [0.1, 0.15) is 0 Å². The predicted molar refractivity (Wildman–Crippen MR) is 79.5 cm³/mol. The van der Waals surface area contributed by atoms with Crippen molar-refractivity contribution in [2.75, 3.05) is 14.2 Å². The zero-order valence-electron chi connectivity index (χ0n) is 11.5. The molecule has 2 aromatic carbocycles. The summed E-state index contributed by atoms with van der Waals surface area (Å²) in [6.07, 6.45) is 1.85. The number of ether oxygens (including phenoxy) is 2. The Kier molecular flexibility index (Phi) is 4.41. The molecule has 0 bridgehead atoms. The highest BCUT2D eigenvalue weighted by atomic mass is 16.5. The van der Waals surface area contributed by atoms with Gasteiger partial charge < -0.3 is 9.47 Å². The van der Waals surface area contributed by atoms with Crippen LogP contribution in [0.3, 0.4) is 0 Å². The smallest absolute Gasteiger partial charge is 0.161 e. The van der Waals surface area contributed by atoms with E-state index in [4.69, 9.17) is 9.47 Å². The standard InChI is InChI=1S/C17H15NO2/c1-19-16-9-8-14(11-17(16)20-2)15(12-18)10-13-6-4-3-5-7-13/h3-11H,1-2H3/b15-10-. The van der Waals surface area contributed by atoms with Crippen LogP contribution in [0.2, 0.25) is 0 Å². The summed E-state index contributed by atoms with van der Waals surface area (Å²) in [5.74, 6) is 1.26. The van der Waals surface area contributed by atoms with Crippen molar-refractivity contribution in [1.82, 2.24) is 0 Å². The average Bonchev–Trinajstić information content (AvgIpc) is 2.53. The molecule has 2 rings (SSSR count). The van der Waals surface area contributed by atoms with Crippen molar-refractivity contribution in [3.8, 4) is 17.6 Å². The topological polar surface area (TPSA) is 42.2 Å². The van der Waals surface area contributed by atoms with Crippen molar-refractivity contribution in [3.05, 3.63) is 59.7 Å². The Labute approximate surface area is 118 Å². The lowest BCUT2D eigenvalue weighted by atomic mass is 10.0. The van der Waals surface area contributed by atoms with E-state index in [1.807, 2.05) is 42.5 Å². The third-order valence-electron chi connectivity index (χ3n) is 2.93. The van der Waals surface area contributed by atoms with Gasteiger partial charge in [0.05, 0.1) is 25.9 Å². The van der Waals surface area contributed by atoms with Gasteiger partial charge in [-0.05, 0) is 35.4 Å². The highest BCUT2D eigenvalue weighted by molar-refractivity contribution is 5.90. The van der Waals surface area contributed by atoms with E-state index in [0.717, 1.165) is 11.1 Å². The van der Waals surface area contributed by atoms with E-state index in [1.165, 1.54) is 0 Å². The van der Waals surface area contributed by atoms with Crippen LogP contribution in [0.4, 0.5) is 0 Å². The fourth-order valence-electron chi connectivity index (χ4n) is 1.90. The Bertz CT molecular complexity index is 654. The van der Waals surface area contributed by atoms with Crippen molar-refractivity contribution in [1.29, 1.82) is 5.26 Å². The van der Waals surface area contributed by atoms with E-state index < -0.39 is 0 Å². The van der Waals surface area contributed by atoms with Gasteiger partial charge >= 0.3 is 0 Å². The molecule has 3 heteroatoms. The molecule has 0 amide bonds. The molecule has 3 nitrogen and oxygen atoms in total. The molecule has 0 N–H and O–H groups in total. The Hall–Kier alpha value is -2.73. The SMILES string of the molecule is COc1ccc(/C(C#N)=C\c2ccccc2)cc1OC. The lowest BCUT2D eigenvalue weighted by molar-refractivity contribution is 0.355. The second kappa shape index (κ2) is 6.44. The van der Waals surface area contributed by atoms with E-state index in [9.17, 15) is 5.26 Å². The lowest BCUT2D eigenvalue weighted by Crippen LogP contribution is -1.92. The maximum absolute atomic E-state index is 9.34. The number of hydrogen-bond acceptors (Lipinski definition) is 3. The minimum absolute atomic E-state index is 0.581. The molecule has 0 aliphatic rings. The summed E-state index contributed by atoms with van der Waals surface area (Å²) in [5.41, 5.74) is 2.37. The number of benzene rings is 2. The first-order valence-electron chi connectivity index (χ1n) is 6.17. The number of rotatable bonds is 4. The predicted octanol–water partition coefficient (Wildman–Crippen LogP) is 3.77. The summed E-state index contributed by atoms with van der Waals surface area (Å²) in [7, 11) is 3.16. The molecule has 0 heterocycles. The van der Waals surface area contributed by atoms with E-state index in [2.05, 4.69) is 6.07 Å². The largest absolute Gasteiger partial charge is 0.493 e. The van der Waals surface area contributed by atoms with Crippen LogP contribution in [0.15, 0.2) is 48.5 Å². The molecule has 0 saturated carbocycles. The Morgan fingerprint density at radius 2 is 1.70 bits per heavy atom. The quantitative estimate of drug-likeness (QED) is 0.624. The zero-order chi connectivity index (χ0) is 14.4. The summed E-state index contributed by atoms with van der Waals surface area (Å²) in [5, 5.41) is 9.34. The molecule has 0 saturated heterocycles. The van der Waals surface area contributed by atoms with E-state index in [1.54, 1.807) is 26.4 Å². The third-order valence-corrected chi connectivity index (χ3v) is 2.93. The molecule has 0 aliphatic heterocycles. The van der Waals surface area contributed by atoms with E-state index in [0.29, 0.717) is 17.1 Å². The molecule has 20 heavy (non-hydrogen) atoms. The van der Waals surface area contributed by atoms with Gasteiger partial charge in [0.15, 0.2) is 11.5 Å². The monoisotopic (exact) mass is 265 g/mol. The first-order valence-corrected chi connectivity index (χ1v) is 6.17. The molecule has 0 fully saturated rings. The van der Waals surface area contributed by atoms with E-state index >= 15 is 0 Å². The number of methoxy groups -OCH3 is 2. The minimum Gasteiger partial charge on any atom is -0.493 e. The van der Waals surface area contributed by atoms with Gasteiger partial charge in [0.25, 0.3) is 0 Å². The lowest BCUT2D eigenvalue weighted by Gasteiger charge is -2.09. The van der Waals surface area contributed by atoms with E-state index in [-0.39, 0.29) is 0 Å². The molecule has 0 atom stereocenters. The number of nitrogens with zero attached hydrogens (tertiary/aromatic N) is 1. The van der Waals surface area contributed by atoms with Crippen LogP contribution >= 0.6 is 0 Å². The summed E-state index contributed by atoms with van der Waals surface area (Å²) in [6.45, 7) is 0. The minimum atomic E-state index is 0.581. The molecule has 0 aliphatic carbocycles. The van der Waals surface area contributed by atoms with Crippen LogP contribution in [0.25, 0.3) is 11.6 Å². The van der Waals surface area contributed by atoms with Crippen molar-refractivity contribution in [2.24, 2.45) is 0 Å². The Morgan fingerprint density at radius 3 is 2.30 bits per heavy atom. The van der Waals surface area contributed by atoms with Gasteiger partial charge in [-0.3, -0.25) is 0 Å². The average molecular weight is 265 g/mol. The van der Waals surface area contributed by atoms with Gasteiger partial charge in [-0.25, -0.2) is 0 Å². The van der Waals surface area contributed by atoms with Gasteiger partial charge in [-0.1, -0.05) is 30.3 Å². The molecular weight excluding hydrogens is 250 g/mol. The van der Waals surface area contributed by atoms with Gasteiger partial charge in [-0.15, -0.1) is 0 Å². The number of allylic oxidation sites excluding steroid dienone is 1. The zero-order valence-corrected chi connectivity index (χ0v) is 11.5. The van der Waals surface area contributed by atoms with Gasteiger partial charge in [0.2, 0.25) is 0 Å². The first-order chi connectivity index (χ1) is 9.78. The molecule has 0 unspecified atom stereocenters. The molecular formula is C17H15NO2. The van der Waals surface area contributed by atoms with Crippen LogP contribution in [0.5, 0.6) is 11.5 Å². The third kappa shape index (κ3) is 2.99. The van der Waals surface area contributed by atoms with Crippen molar-refractivity contribution < 1.29 is 9.47 Å². The van der Waals surface area contributed by atoms with Crippen LogP contribution in [-0.2, 0) is 0 Å². The molecule has 0 radical (unpaired) electrons. The summed E-state index contributed by atoms with van der Waals surface area (Å²) < 4.78 is 10.5. The Balaban J connectivity index is 2.43. The molecule has 2 aromatic rings. The van der Waals surface area contributed by atoms with Crippen LogP contribution in [0.1, 0.15) is 11.1 Å². The normalized spacial score (nSPS) is 10.8. The van der Waals surface area contributed by atoms with Crippen LogP contribution in [-0.4, -0.2) is 14.2 Å². The van der Waals surface area contributed by atoms with Gasteiger partial charge in [-0.2, -0.15) is 5.26 Å². The van der Waals surface area contributed by atoms with Crippen LogP contribution in [0, 0.1) is 11.3 Å². The van der Waals surface area contributed by atoms with Gasteiger partial charge in [0, 0.05) is 0 Å². The van der Waals surface area contributed by atoms with Crippen LogP contribution < -0.4 is 9.47 Å². The summed E-state index contributed by atoms with van der Waals surface area (Å²) in [6, 6.07) is 17.4. The fraction of sp³-hybridized carbons (Fsp3) is 0.118. The van der Waals surface area contributed by atoms with Crippen molar-refractivity contribution in [3.63, 3.8) is 0 Å². The maximum atomic E-state index is 9.34.